The number of nitrogens with zero attached hydrogens (tertiary/aromatic N) is 2. The third kappa shape index (κ3) is 3.92. The van der Waals surface area contributed by atoms with Crippen molar-refractivity contribution in [2.75, 3.05) is 12.3 Å². The van der Waals surface area contributed by atoms with Crippen molar-refractivity contribution >= 4 is 23.4 Å². The van der Waals surface area contributed by atoms with Gasteiger partial charge in [0.2, 0.25) is 5.91 Å². The van der Waals surface area contributed by atoms with E-state index in [1.54, 1.807) is 6.92 Å². The van der Waals surface area contributed by atoms with E-state index in [1.165, 1.54) is 18.7 Å². The number of amides is 1. The van der Waals surface area contributed by atoms with Crippen LogP contribution in [0.5, 0.6) is 0 Å². The molecule has 0 aliphatic carbocycles. The maximum atomic E-state index is 11.4. The zero-order valence-electron chi connectivity index (χ0n) is 9.53. The lowest BCUT2D eigenvalue weighted by Crippen LogP contribution is -2.22. The number of carbonyl (C=O) groups excluding carboxylic acids is 1. The van der Waals surface area contributed by atoms with Crippen molar-refractivity contribution < 1.29 is 4.79 Å². The number of hydrogen-bond acceptors (Lipinski definition) is 4. The lowest BCUT2D eigenvalue weighted by molar-refractivity contribution is -0.118. The van der Waals surface area contributed by atoms with E-state index < -0.39 is 5.56 Å². The van der Waals surface area contributed by atoms with Crippen molar-refractivity contribution in [3.63, 3.8) is 0 Å². The molecule has 7 heteroatoms. The first kappa shape index (κ1) is 13.3. The number of nitrogens with one attached hydrogen (secondary N) is 2. The van der Waals surface area contributed by atoms with Gasteiger partial charge in [0.25, 0.3) is 11.2 Å². The van der Waals surface area contributed by atoms with Crippen LogP contribution in [0.15, 0.2) is 9.95 Å². The van der Waals surface area contributed by atoms with Crippen LogP contribution in [0.2, 0.25) is 0 Å². The molecule has 6 nitrogen and oxygen atoms in total. The highest BCUT2D eigenvalue weighted by molar-refractivity contribution is 7.99. The summed E-state index contributed by atoms with van der Waals surface area (Å²) in [6.07, 6.45) is 0. The lowest BCUT2D eigenvalue weighted by Gasteiger charge is -2.03. The van der Waals surface area contributed by atoms with Gasteiger partial charge in [-0.1, -0.05) is 11.8 Å². The normalized spacial score (nSPS) is 9.71. The van der Waals surface area contributed by atoms with Crippen LogP contribution in [0.3, 0.4) is 0 Å². The van der Waals surface area contributed by atoms with Gasteiger partial charge in [0.15, 0.2) is 5.16 Å². The van der Waals surface area contributed by atoms with E-state index in [4.69, 9.17) is 6.57 Å². The first-order valence-corrected chi connectivity index (χ1v) is 5.88. The molecule has 0 spiro atoms. The molecule has 17 heavy (non-hydrogen) atoms. The number of carbonyl (C=O) groups is 1. The van der Waals surface area contributed by atoms with Crippen LogP contribution in [0.4, 0.5) is 5.69 Å². The lowest BCUT2D eigenvalue weighted by atomic mass is 10.4. The zero-order valence-corrected chi connectivity index (χ0v) is 10.3. The first-order valence-electron chi connectivity index (χ1n) is 4.90. The van der Waals surface area contributed by atoms with Crippen molar-refractivity contribution in [3.05, 3.63) is 27.5 Å². The fraction of sp³-hybridized carbons (Fsp3) is 0.400. The Morgan fingerprint density at radius 3 is 2.88 bits per heavy atom. The number of thioether (sulfide) groups is 1. The average molecular weight is 252 g/mol. The Labute approximate surface area is 103 Å². The highest BCUT2D eigenvalue weighted by atomic mass is 32.2. The molecule has 0 atom stereocenters. The van der Waals surface area contributed by atoms with E-state index in [0.29, 0.717) is 23.1 Å². The highest BCUT2D eigenvalue weighted by Gasteiger charge is 2.07. The molecule has 0 radical (unpaired) electrons. The van der Waals surface area contributed by atoms with Crippen LogP contribution in [0.1, 0.15) is 12.6 Å². The summed E-state index contributed by atoms with van der Waals surface area (Å²) in [6.45, 7) is 10.4. The van der Waals surface area contributed by atoms with Crippen molar-refractivity contribution in [1.29, 1.82) is 0 Å². The van der Waals surface area contributed by atoms with Crippen LogP contribution >= 0.6 is 11.8 Å². The van der Waals surface area contributed by atoms with Crippen molar-refractivity contribution in [2.45, 2.75) is 19.0 Å². The minimum Gasteiger partial charge on any atom is -0.356 e. The quantitative estimate of drug-likeness (QED) is 0.360. The summed E-state index contributed by atoms with van der Waals surface area (Å²) >= 11 is 1.33. The number of aromatic amines is 1. The molecule has 2 N–H and O–H groups in total. The van der Waals surface area contributed by atoms with E-state index in [-0.39, 0.29) is 11.6 Å². The summed E-state index contributed by atoms with van der Waals surface area (Å²) in [5.74, 6) is 0.519. The van der Waals surface area contributed by atoms with E-state index >= 15 is 0 Å². The van der Waals surface area contributed by atoms with E-state index in [2.05, 4.69) is 20.1 Å². The summed E-state index contributed by atoms with van der Waals surface area (Å²) < 4.78 is 0. The van der Waals surface area contributed by atoms with Gasteiger partial charge in [-0.15, -0.1) is 0 Å². The number of rotatable bonds is 4. The Bertz CT molecular complexity index is 518. The molecule has 0 aliphatic rings. The van der Waals surface area contributed by atoms with Crippen molar-refractivity contribution in [1.82, 2.24) is 15.3 Å². The Hall–Kier alpha value is -1.81. The molecule has 0 fully saturated rings. The SMILES string of the molecule is [C-]#[N+]c1c(C)nc(SCCNC(C)=O)[nH]c1=O. The number of aryl methyl sites for hydroxylation is 1. The first-order chi connectivity index (χ1) is 8.04. The van der Waals surface area contributed by atoms with Crippen molar-refractivity contribution in [2.24, 2.45) is 0 Å². The molecule has 1 heterocycles. The monoisotopic (exact) mass is 252 g/mol. The smallest absolute Gasteiger partial charge is 0.271 e. The second kappa shape index (κ2) is 6.06. The fourth-order valence-corrected chi connectivity index (χ4v) is 1.89. The highest BCUT2D eigenvalue weighted by Crippen LogP contribution is 2.15. The largest absolute Gasteiger partial charge is 0.356 e. The van der Waals surface area contributed by atoms with Gasteiger partial charge in [-0.3, -0.25) is 9.59 Å². The second-order valence-corrected chi connectivity index (χ2v) is 4.33. The molecule has 1 amide bonds. The van der Waals surface area contributed by atoms with Gasteiger partial charge in [-0.05, 0) is 6.92 Å². The molecule has 0 unspecified atom stereocenters. The third-order valence-electron chi connectivity index (χ3n) is 1.87. The molecule has 1 aromatic heterocycles. The number of H-pyrrole nitrogens is 1. The second-order valence-electron chi connectivity index (χ2n) is 3.25. The van der Waals surface area contributed by atoms with E-state index in [9.17, 15) is 9.59 Å². The average Bonchev–Trinajstić information content (AvgIpc) is 2.24. The van der Waals surface area contributed by atoms with Gasteiger partial charge in [0.1, 0.15) is 0 Å². The van der Waals surface area contributed by atoms with Gasteiger partial charge in [0, 0.05) is 19.2 Å². The zero-order chi connectivity index (χ0) is 12.8. The molecule has 0 bridgehead atoms. The van der Waals surface area contributed by atoms with E-state index in [1.807, 2.05) is 0 Å². The summed E-state index contributed by atoms with van der Waals surface area (Å²) in [5, 5.41) is 3.10. The number of hydrogen-bond donors (Lipinski definition) is 2. The maximum Gasteiger partial charge on any atom is 0.271 e. The molecule has 1 rings (SSSR count). The topological polar surface area (TPSA) is 79.2 Å². The Morgan fingerprint density at radius 2 is 2.35 bits per heavy atom. The molecule has 0 aromatic carbocycles. The molecule has 1 aromatic rings. The van der Waals surface area contributed by atoms with Gasteiger partial charge in [-0.2, -0.15) is 0 Å². The molecular formula is C10H12N4O2S. The Balaban J connectivity index is 2.65. The van der Waals surface area contributed by atoms with Crippen LogP contribution < -0.4 is 10.9 Å². The van der Waals surface area contributed by atoms with Crippen molar-refractivity contribution in [3.8, 4) is 0 Å². The molecule has 0 saturated carbocycles. The molecule has 0 saturated heterocycles. The third-order valence-corrected chi connectivity index (χ3v) is 2.75. The Morgan fingerprint density at radius 1 is 1.65 bits per heavy atom. The summed E-state index contributed by atoms with van der Waals surface area (Å²) in [6, 6.07) is 0. The fourth-order valence-electron chi connectivity index (χ4n) is 1.13. The molecule has 0 aliphatic heterocycles. The molecule has 90 valence electrons. The van der Waals surface area contributed by atoms with Gasteiger partial charge >= 0.3 is 0 Å². The van der Waals surface area contributed by atoms with Gasteiger partial charge in [0.05, 0.1) is 12.3 Å². The minimum atomic E-state index is -0.422. The number of aromatic nitrogens is 2. The van der Waals surface area contributed by atoms with Crippen LogP contribution in [-0.4, -0.2) is 28.2 Å². The summed E-state index contributed by atoms with van der Waals surface area (Å²) in [5.41, 5.74) is 0.0246. The van der Waals surface area contributed by atoms with Gasteiger partial charge in [-0.25, -0.2) is 9.83 Å². The van der Waals surface area contributed by atoms with Gasteiger partial charge < -0.3 is 10.3 Å². The predicted octanol–water partition coefficient (Wildman–Crippen LogP) is 0.857. The maximum absolute atomic E-state index is 11.4. The van der Waals surface area contributed by atoms with Crippen LogP contribution in [-0.2, 0) is 4.79 Å². The Kier molecular flexibility index (Phi) is 4.72. The molecular weight excluding hydrogens is 240 g/mol. The summed E-state index contributed by atoms with van der Waals surface area (Å²) in [7, 11) is 0. The van der Waals surface area contributed by atoms with E-state index in [0.717, 1.165) is 0 Å². The van der Waals surface area contributed by atoms with Crippen LogP contribution in [0.25, 0.3) is 4.85 Å². The standard InChI is InChI=1S/C10H12N4O2S/c1-6-8(11-3)9(16)14-10(13-6)17-5-4-12-7(2)15/h4-5H2,1-2H3,(H,12,15)(H,13,14,16). The van der Waals surface area contributed by atoms with Crippen LogP contribution in [0, 0.1) is 13.5 Å². The predicted molar refractivity (Wildman–Crippen MR) is 65.3 cm³/mol. The summed E-state index contributed by atoms with van der Waals surface area (Å²) in [4.78, 5) is 31.8. The minimum absolute atomic E-state index is 0.0243.